The third-order valence-corrected chi connectivity index (χ3v) is 19.2. The number of aliphatic hydroxyl groups excluding tert-OH is 1. The molecular weight excluding hydrogens is 1540 g/mol. The average Bonchev–Trinajstić information content (AvgIpc) is 1.59. The second kappa shape index (κ2) is 48.9. The van der Waals surface area contributed by atoms with E-state index in [4.69, 9.17) is 61.4 Å². The smallest absolute Gasteiger partial charge is 0.246 e. The number of hydrogen-bond donors (Lipinski definition) is 29. The zero-order valence-electron chi connectivity index (χ0n) is 66.4. The van der Waals surface area contributed by atoms with Gasteiger partial charge in [-0.15, -0.1) is 0 Å². The van der Waals surface area contributed by atoms with Gasteiger partial charge in [0.05, 0.1) is 19.2 Å². The van der Waals surface area contributed by atoms with Crippen LogP contribution in [0.4, 0.5) is 0 Å². The normalized spacial score (nSPS) is 16.0. The molecule has 0 aliphatic carbocycles. The van der Waals surface area contributed by atoms with Gasteiger partial charge in [0.25, 0.3) is 0 Å². The van der Waals surface area contributed by atoms with Gasteiger partial charge >= 0.3 is 0 Å². The molecule has 0 saturated carbocycles. The van der Waals surface area contributed by atoms with Crippen molar-refractivity contribution in [1.29, 1.82) is 27.0 Å². The Hall–Kier alpha value is -13.1. The maximum atomic E-state index is 15.2. The van der Waals surface area contributed by atoms with E-state index >= 15 is 4.79 Å². The molecule has 648 valence electrons. The minimum absolute atomic E-state index is 0.00755. The SMILES string of the molecule is CC(=O)N[C@@H](CCCNC(=N)N)C(=O)N[C@@H](Cc1c[nH]c2ccccc12)C(=O)N[C@@H](CCCNC(=N)N)C(=O)N[C@@H](Cc1ccccc1)C(=O)N1CCC[C@H]1C(=O)N[C@@H](C)C(=O)N[C@@H](CCCNC(=N)N)C(=O)N1CCC[C@H]1C(=O)NCC(=O)N[C@H](C(=O)NCC(=O)N[C@@H](CCCNC(=N)N)C(=O)N[C@@H](CCCNC(=N)N)C(N)=O)[C@@H](C)O. The number of benzene rings is 2. The first-order valence-corrected chi connectivity index (χ1v) is 38.8. The van der Waals surface area contributed by atoms with Crippen molar-refractivity contribution >= 4 is 123 Å². The standard InChI is InChI=1S/C73H116N30O15/c1-39(59(109)98-50(24-13-31-89-73(83)84)67(117)102-32-14-25-53(102)64(114)91-38-56(107)101-57(40(2)104)66(116)92-37-55(106)95-48(22-11-29-87-71(79)80)61(111)96-46(58(74)108)20-9-27-85-69(75)76)93-65(115)54-26-15-33-103(54)68(118)52(34-42-16-5-4-6-17-42)100-62(112)49(23-12-30-88-72(81)82)97-63(113)51(35-43-36-90-45-19-8-7-18-44(43)45)99-60(110)47(94-41(3)105)21-10-28-86-70(77)78/h4-8,16-19,36,39-40,46-54,57,90,104H,9-15,20-35,37-38H2,1-3H3,(H2,74,108)(H,91,114)(H,92,116)(H,93,115)(H,94,105)(H,95,106)(H,96,111)(H,97,113)(H,98,109)(H,99,110)(H,100,112)(H,101,107)(H4,75,76,85)(H4,77,78,86)(H4,79,80,87)(H4,81,82,88)(H4,83,84,89)/t39-,40+,46-,47-,48-,49-,50-,51-,52-,53-,54-,57-/m0/s1. The summed E-state index contributed by atoms with van der Waals surface area (Å²) in [5.74, 6) is -13.3. The first kappa shape index (κ1) is 95.5. The van der Waals surface area contributed by atoms with Crippen LogP contribution in [0.25, 0.3) is 10.9 Å². The van der Waals surface area contributed by atoms with Crippen molar-refractivity contribution in [1.82, 2.24) is 99.9 Å². The number of guanidine groups is 5. The van der Waals surface area contributed by atoms with E-state index in [1.807, 2.05) is 18.2 Å². The molecule has 0 radical (unpaired) electrons. The van der Waals surface area contributed by atoms with Crippen LogP contribution < -0.4 is 119 Å². The van der Waals surface area contributed by atoms with Gasteiger partial charge in [0.2, 0.25) is 82.7 Å². The fourth-order valence-corrected chi connectivity index (χ4v) is 13.2. The fourth-order valence-electron chi connectivity index (χ4n) is 13.2. The van der Waals surface area contributed by atoms with Crippen LogP contribution >= 0.6 is 0 Å². The highest BCUT2D eigenvalue weighted by Crippen LogP contribution is 2.24. The lowest BCUT2D eigenvalue weighted by atomic mass is 10.0. The number of fused-ring (bicyclic) bond motifs is 1. The maximum absolute atomic E-state index is 15.2. The molecule has 2 fully saturated rings. The van der Waals surface area contributed by atoms with E-state index < -0.39 is 168 Å². The summed E-state index contributed by atoms with van der Waals surface area (Å²) in [5, 5.41) is 90.3. The number of para-hydroxylation sites is 1. The Morgan fingerprint density at radius 3 is 1.35 bits per heavy atom. The predicted molar refractivity (Wildman–Crippen MR) is 433 cm³/mol. The van der Waals surface area contributed by atoms with Crippen LogP contribution in [0.2, 0.25) is 0 Å². The van der Waals surface area contributed by atoms with E-state index in [0.717, 1.165) is 17.8 Å². The molecule has 0 bridgehead atoms. The molecule has 3 heterocycles. The molecule has 3 aromatic rings. The van der Waals surface area contributed by atoms with Crippen molar-refractivity contribution in [3.8, 4) is 0 Å². The van der Waals surface area contributed by atoms with Gasteiger partial charge in [0.15, 0.2) is 29.8 Å². The molecule has 12 atom stereocenters. The molecule has 5 rings (SSSR count). The van der Waals surface area contributed by atoms with E-state index in [1.165, 1.54) is 23.6 Å². The van der Waals surface area contributed by atoms with E-state index in [1.54, 1.807) is 42.6 Å². The number of nitrogens with two attached hydrogens (primary N) is 6. The summed E-state index contributed by atoms with van der Waals surface area (Å²) in [5.41, 5.74) is 34.7. The molecule has 2 aromatic carbocycles. The summed E-state index contributed by atoms with van der Waals surface area (Å²) in [4.78, 5) is 200. The third kappa shape index (κ3) is 33.0. The van der Waals surface area contributed by atoms with Crippen molar-refractivity contribution in [3.63, 3.8) is 0 Å². The molecule has 0 spiro atoms. The zero-order chi connectivity index (χ0) is 87.1. The van der Waals surface area contributed by atoms with E-state index in [9.17, 15) is 67.4 Å². The van der Waals surface area contributed by atoms with Gasteiger partial charge in [-0.25, -0.2) is 0 Å². The molecule has 118 heavy (non-hydrogen) atoms. The molecule has 0 unspecified atom stereocenters. The molecule has 35 N–H and O–H groups in total. The van der Waals surface area contributed by atoms with Crippen molar-refractivity contribution in [3.05, 3.63) is 71.9 Å². The third-order valence-electron chi connectivity index (χ3n) is 19.2. The largest absolute Gasteiger partial charge is 0.391 e. The molecular formula is C73H116N30O15. The summed E-state index contributed by atoms with van der Waals surface area (Å²) < 4.78 is 0. The number of rotatable bonds is 49. The second-order valence-electron chi connectivity index (χ2n) is 28.6. The number of aromatic amines is 1. The summed E-state index contributed by atoms with van der Waals surface area (Å²) in [7, 11) is 0. The van der Waals surface area contributed by atoms with Gasteiger partial charge < -0.3 is 139 Å². The molecule has 2 aliphatic heterocycles. The predicted octanol–water partition coefficient (Wildman–Crippen LogP) is -8.25. The Labute approximate surface area is 681 Å². The lowest BCUT2D eigenvalue weighted by Crippen LogP contribution is -2.60. The molecule has 1 aromatic heterocycles. The van der Waals surface area contributed by atoms with Gasteiger partial charge in [0, 0.05) is 82.7 Å². The van der Waals surface area contributed by atoms with Crippen LogP contribution in [0.1, 0.15) is 122 Å². The van der Waals surface area contributed by atoms with Gasteiger partial charge in [0.1, 0.15) is 66.5 Å². The van der Waals surface area contributed by atoms with Crippen molar-refractivity contribution in [2.75, 3.05) is 58.9 Å². The number of amides is 14. The molecule has 2 saturated heterocycles. The van der Waals surface area contributed by atoms with E-state index in [0.29, 0.717) is 17.5 Å². The summed E-state index contributed by atoms with van der Waals surface area (Å²) in [6.45, 7) is 2.77. The number of primary amides is 1. The second-order valence-corrected chi connectivity index (χ2v) is 28.6. The fraction of sp³-hybridized carbons (Fsp3) is 0.548. The highest BCUT2D eigenvalue weighted by molar-refractivity contribution is 6.00. The number of aromatic nitrogens is 1. The Balaban J connectivity index is 1.27. The topological polar surface area (TPSA) is 749 Å². The highest BCUT2D eigenvalue weighted by atomic mass is 16.3. The number of carbonyl (C=O) groups excluding carboxylic acids is 14. The molecule has 45 nitrogen and oxygen atoms in total. The molecule has 45 heteroatoms. The first-order valence-electron chi connectivity index (χ1n) is 38.8. The maximum Gasteiger partial charge on any atom is 0.246 e. The minimum atomic E-state index is -1.71. The van der Waals surface area contributed by atoms with Gasteiger partial charge in [-0.05, 0) is 121 Å². The van der Waals surface area contributed by atoms with Crippen LogP contribution in [0.5, 0.6) is 0 Å². The number of likely N-dealkylation sites (tertiary alicyclic amines) is 2. The minimum Gasteiger partial charge on any atom is -0.391 e. The van der Waals surface area contributed by atoms with Gasteiger partial charge in [-0.1, -0.05) is 48.5 Å². The number of nitrogens with zero attached hydrogens (tertiary/aromatic N) is 2. The quantitative estimate of drug-likeness (QED) is 0.0142. The van der Waals surface area contributed by atoms with Gasteiger partial charge in [-0.2, -0.15) is 0 Å². The van der Waals surface area contributed by atoms with Crippen molar-refractivity contribution in [2.24, 2.45) is 34.4 Å². The van der Waals surface area contributed by atoms with Crippen LogP contribution in [0.15, 0.2) is 60.8 Å². The Morgan fingerprint density at radius 2 is 0.847 bits per heavy atom. The summed E-state index contributed by atoms with van der Waals surface area (Å²) in [6, 6.07) is 1.08. The van der Waals surface area contributed by atoms with Gasteiger partial charge in [-0.3, -0.25) is 94.2 Å². The molecule has 14 amide bonds. The highest BCUT2D eigenvalue weighted by Gasteiger charge is 2.42. The Bertz CT molecular complexity index is 4030. The average molecular weight is 1650 g/mol. The number of nitrogens with one attached hydrogen (secondary N) is 22. The lowest BCUT2D eigenvalue weighted by Gasteiger charge is -2.31. The molecule has 2 aliphatic rings. The van der Waals surface area contributed by atoms with E-state index in [-0.39, 0.29) is 172 Å². The van der Waals surface area contributed by atoms with Crippen LogP contribution in [0.3, 0.4) is 0 Å². The van der Waals surface area contributed by atoms with Crippen molar-refractivity contribution < 1.29 is 72.2 Å². The number of hydrogen-bond acceptors (Lipinski definition) is 20. The van der Waals surface area contributed by atoms with Crippen molar-refractivity contribution in [2.45, 2.75) is 196 Å². The van der Waals surface area contributed by atoms with Crippen LogP contribution in [-0.4, -0.2) is 264 Å². The zero-order valence-corrected chi connectivity index (χ0v) is 66.4. The number of carbonyl (C=O) groups is 14. The summed E-state index contributed by atoms with van der Waals surface area (Å²) in [6.07, 6.45) is 1.44. The first-order chi connectivity index (χ1) is 56.0. The van der Waals surface area contributed by atoms with Crippen LogP contribution in [0, 0.1) is 27.0 Å². The summed E-state index contributed by atoms with van der Waals surface area (Å²) >= 11 is 0. The monoisotopic (exact) mass is 1650 g/mol. The Morgan fingerprint density at radius 1 is 0.441 bits per heavy atom. The number of H-pyrrole nitrogens is 1. The lowest BCUT2D eigenvalue weighted by molar-refractivity contribution is -0.143. The van der Waals surface area contributed by atoms with Crippen LogP contribution in [-0.2, 0) is 80.0 Å². The Kier molecular flexibility index (Phi) is 39.6. The number of aliphatic hydroxyl groups is 1. The van der Waals surface area contributed by atoms with E-state index in [2.05, 4.69) is 90.1 Å².